The number of hydrogen-bond donors (Lipinski definition) is 1. The normalized spacial score (nSPS) is 10.8. The average Bonchev–Trinajstić information content (AvgIpc) is 2.54. The van der Waals surface area contributed by atoms with Crippen LogP contribution in [0.15, 0.2) is 51.7 Å². The number of fused-ring (bicyclic) bond motifs is 1. The number of nitrogens with zero attached hydrogens (tertiary/aromatic N) is 2. The lowest BCUT2D eigenvalue weighted by Gasteiger charge is -2.12. The monoisotopic (exact) mass is 385 g/mol. The summed E-state index contributed by atoms with van der Waals surface area (Å²) in [6.07, 6.45) is 0. The number of para-hydroxylation sites is 2. The molecule has 0 bridgehead atoms. The summed E-state index contributed by atoms with van der Waals surface area (Å²) in [6.45, 7) is 3.56. The molecule has 1 amide bonds. The van der Waals surface area contributed by atoms with Crippen LogP contribution in [0.1, 0.15) is 11.3 Å². The van der Waals surface area contributed by atoms with Gasteiger partial charge in [0.2, 0.25) is 5.91 Å². The van der Waals surface area contributed by atoms with E-state index >= 15 is 0 Å². The summed E-state index contributed by atoms with van der Waals surface area (Å²) in [7, 11) is 0. The zero-order chi connectivity index (χ0) is 17.3. The maximum absolute atomic E-state index is 12.4. The van der Waals surface area contributed by atoms with Crippen LogP contribution in [0.5, 0.6) is 0 Å². The van der Waals surface area contributed by atoms with Crippen molar-refractivity contribution in [1.82, 2.24) is 9.55 Å². The second kappa shape index (κ2) is 6.57. The molecule has 122 valence electrons. The SMILES string of the molecule is Cc1ccc(NC(=O)Cn2c(=O)c(C)nc3ccccc32)c(Br)c1. The molecule has 1 aromatic heterocycles. The molecule has 0 unspecified atom stereocenters. The Bertz CT molecular complexity index is 995. The van der Waals surface area contributed by atoms with Crippen LogP contribution >= 0.6 is 15.9 Å². The van der Waals surface area contributed by atoms with Gasteiger partial charge in [0.1, 0.15) is 12.2 Å². The third-order valence-electron chi connectivity index (χ3n) is 3.72. The number of hydrogen-bond acceptors (Lipinski definition) is 3. The smallest absolute Gasteiger partial charge is 0.272 e. The van der Waals surface area contributed by atoms with Gasteiger partial charge in [0.05, 0.1) is 16.7 Å². The van der Waals surface area contributed by atoms with Gasteiger partial charge in [-0.25, -0.2) is 4.98 Å². The fourth-order valence-corrected chi connectivity index (χ4v) is 3.12. The number of nitrogens with one attached hydrogen (secondary N) is 1. The van der Waals surface area contributed by atoms with Gasteiger partial charge in [0.15, 0.2) is 0 Å². The fourth-order valence-electron chi connectivity index (χ4n) is 2.53. The van der Waals surface area contributed by atoms with Gasteiger partial charge < -0.3 is 5.32 Å². The van der Waals surface area contributed by atoms with Crippen molar-refractivity contribution >= 4 is 38.6 Å². The van der Waals surface area contributed by atoms with Crippen LogP contribution in [-0.4, -0.2) is 15.5 Å². The highest BCUT2D eigenvalue weighted by Gasteiger charge is 2.12. The Morgan fingerprint density at radius 3 is 2.71 bits per heavy atom. The minimum absolute atomic E-state index is 0.0664. The standard InChI is InChI=1S/C18H16BrN3O2/c1-11-7-8-14(13(19)9-11)21-17(23)10-22-16-6-4-3-5-15(16)20-12(2)18(22)24/h3-9H,10H2,1-2H3,(H,21,23). The van der Waals surface area contributed by atoms with Crippen LogP contribution in [0.25, 0.3) is 11.0 Å². The maximum atomic E-state index is 12.4. The number of amides is 1. The highest BCUT2D eigenvalue weighted by molar-refractivity contribution is 9.10. The third kappa shape index (κ3) is 3.23. The molecule has 0 spiro atoms. The summed E-state index contributed by atoms with van der Waals surface area (Å²) in [5.41, 5.74) is 3.22. The van der Waals surface area contributed by atoms with Gasteiger partial charge in [-0.3, -0.25) is 14.2 Å². The van der Waals surface area contributed by atoms with Crippen molar-refractivity contribution in [3.63, 3.8) is 0 Å². The number of halogens is 1. The van der Waals surface area contributed by atoms with Gasteiger partial charge in [-0.2, -0.15) is 0 Å². The first kappa shape index (κ1) is 16.4. The molecule has 0 atom stereocenters. The van der Waals surface area contributed by atoms with Crippen LogP contribution in [0.2, 0.25) is 0 Å². The predicted octanol–water partition coefficient (Wildman–Crippen LogP) is 3.41. The van der Waals surface area contributed by atoms with Crippen molar-refractivity contribution < 1.29 is 4.79 Å². The highest BCUT2D eigenvalue weighted by Crippen LogP contribution is 2.23. The molecule has 0 saturated carbocycles. The minimum atomic E-state index is -0.266. The van der Waals surface area contributed by atoms with E-state index in [1.807, 2.05) is 43.3 Å². The summed E-state index contributed by atoms with van der Waals surface area (Å²) in [5.74, 6) is -0.266. The van der Waals surface area contributed by atoms with Crippen LogP contribution < -0.4 is 10.9 Å². The Morgan fingerprint density at radius 1 is 1.21 bits per heavy atom. The molecule has 0 saturated heterocycles. The molecular formula is C18H16BrN3O2. The van der Waals surface area contributed by atoms with Crippen molar-refractivity contribution in [3.05, 3.63) is 68.5 Å². The van der Waals surface area contributed by atoms with E-state index in [-0.39, 0.29) is 18.0 Å². The molecule has 3 rings (SSSR count). The van der Waals surface area contributed by atoms with E-state index in [9.17, 15) is 9.59 Å². The van der Waals surface area contributed by atoms with E-state index in [1.165, 1.54) is 4.57 Å². The Balaban J connectivity index is 1.93. The van der Waals surface area contributed by atoms with Crippen molar-refractivity contribution in [1.29, 1.82) is 0 Å². The first-order valence-electron chi connectivity index (χ1n) is 7.48. The molecule has 6 heteroatoms. The second-order valence-corrected chi connectivity index (χ2v) is 6.46. The largest absolute Gasteiger partial charge is 0.324 e. The number of carbonyl (C=O) groups is 1. The van der Waals surface area contributed by atoms with Gasteiger partial charge in [-0.15, -0.1) is 0 Å². The van der Waals surface area contributed by atoms with Gasteiger partial charge in [-0.05, 0) is 59.6 Å². The van der Waals surface area contributed by atoms with E-state index in [1.54, 1.807) is 13.0 Å². The fraction of sp³-hybridized carbons (Fsp3) is 0.167. The maximum Gasteiger partial charge on any atom is 0.272 e. The zero-order valence-electron chi connectivity index (χ0n) is 13.3. The number of aromatic nitrogens is 2. The van der Waals surface area contributed by atoms with Gasteiger partial charge in [0, 0.05) is 4.47 Å². The van der Waals surface area contributed by atoms with Crippen LogP contribution in [-0.2, 0) is 11.3 Å². The first-order chi connectivity index (χ1) is 11.5. The molecule has 1 heterocycles. The molecule has 5 nitrogen and oxygen atoms in total. The molecule has 0 aliphatic heterocycles. The van der Waals surface area contributed by atoms with E-state index in [0.717, 1.165) is 10.0 Å². The summed E-state index contributed by atoms with van der Waals surface area (Å²) >= 11 is 3.43. The van der Waals surface area contributed by atoms with E-state index in [2.05, 4.69) is 26.2 Å². The molecule has 0 fully saturated rings. The lowest BCUT2D eigenvalue weighted by atomic mass is 10.2. The summed E-state index contributed by atoms with van der Waals surface area (Å²) < 4.78 is 2.26. The Labute approximate surface area is 147 Å². The lowest BCUT2D eigenvalue weighted by Crippen LogP contribution is -2.30. The molecule has 24 heavy (non-hydrogen) atoms. The van der Waals surface area contributed by atoms with Crippen molar-refractivity contribution in [2.24, 2.45) is 0 Å². The van der Waals surface area contributed by atoms with E-state index in [4.69, 9.17) is 0 Å². The van der Waals surface area contributed by atoms with E-state index in [0.29, 0.717) is 22.4 Å². The quantitative estimate of drug-likeness (QED) is 0.751. The van der Waals surface area contributed by atoms with Crippen molar-refractivity contribution in [2.45, 2.75) is 20.4 Å². The van der Waals surface area contributed by atoms with Crippen molar-refractivity contribution in [2.75, 3.05) is 5.32 Å². The topological polar surface area (TPSA) is 64.0 Å². The summed E-state index contributed by atoms with van der Waals surface area (Å²) in [4.78, 5) is 29.1. The number of aryl methyl sites for hydroxylation is 2. The van der Waals surface area contributed by atoms with Crippen LogP contribution in [0.3, 0.4) is 0 Å². The molecule has 0 radical (unpaired) electrons. The lowest BCUT2D eigenvalue weighted by molar-refractivity contribution is -0.116. The Morgan fingerprint density at radius 2 is 1.96 bits per heavy atom. The van der Waals surface area contributed by atoms with Gasteiger partial charge in [0.25, 0.3) is 5.56 Å². The van der Waals surface area contributed by atoms with Gasteiger partial charge >= 0.3 is 0 Å². The van der Waals surface area contributed by atoms with Crippen molar-refractivity contribution in [3.8, 4) is 0 Å². The average molecular weight is 386 g/mol. The Kier molecular flexibility index (Phi) is 4.49. The molecule has 3 aromatic rings. The highest BCUT2D eigenvalue weighted by atomic mass is 79.9. The second-order valence-electron chi connectivity index (χ2n) is 5.61. The molecule has 2 aromatic carbocycles. The molecule has 0 aliphatic carbocycles. The van der Waals surface area contributed by atoms with Crippen LogP contribution in [0, 0.1) is 13.8 Å². The van der Waals surface area contributed by atoms with E-state index < -0.39 is 0 Å². The molecule has 0 aliphatic rings. The third-order valence-corrected chi connectivity index (χ3v) is 4.37. The number of carbonyl (C=O) groups excluding carboxylic acids is 1. The molecule has 1 N–H and O–H groups in total. The Hall–Kier alpha value is -2.47. The summed E-state index contributed by atoms with van der Waals surface area (Å²) in [5, 5.41) is 2.83. The minimum Gasteiger partial charge on any atom is -0.324 e. The zero-order valence-corrected chi connectivity index (χ0v) is 14.9. The predicted molar refractivity (Wildman–Crippen MR) is 98.2 cm³/mol. The van der Waals surface area contributed by atoms with Crippen LogP contribution in [0.4, 0.5) is 5.69 Å². The number of benzene rings is 2. The van der Waals surface area contributed by atoms with Gasteiger partial charge in [-0.1, -0.05) is 18.2 Å². The molecular weight excluding hydrogens is 370 g/mol. The number of anilines is 1. The first-order valence-corrected chi connectivity index (χ1v) is 8.27. The summed E-state index contributed by atoms with van der Waals surface area (Å²) in [6, 6.07) is 13.0. The number of rotatable bonds is 3.